The second-order valence-corrected chi connectivity index (χ2v) is 4.12. The summed E-state index contributed by atoms with van der Waals surface area (Å²) in [7, 11) is -2.04. The predicted molar refractivity (Wildman–Crippen MR) is 39.2 cm³/mol. The number of halogens is 1. The maximum absolute atomic E-state index is 10.5. The molecule has 0 heterocycles. The summed E-state index contributed by atoms with van der Waals surface area (Å²) in [5, 5.41) is 0.690. The molecule has 0 radical (unpaired) electrons. The van der Waals surface area contributed by atoms with E-state index in [2.05, 4.69) is 20.1 Å². The molecule has 0 aromatic carbocycles. The topological polar surface area (TPSA) is 43.4 Å². The molecule has 0 unspecified atom stereocenters. The molecule has 0 aliphatic heterocycles. The Morgan fingerprint density at radius 1 is 1.56 bits per heavy atom. The van der Waals surface area contributed by atoms with E-state index in [1.807, 2.05) is 0 Å². The third-order valence-electron chi connectivity index (χ3n) is 0.782. The minimum absolute atomic E-state index is 0.0920. The lowest BCUT2D eigenvalue weighted by Crippen LogP contribution is -2.07. The van der Waals surface area contributed by atoms with E-state index in [4.69, 9.17) is 0 Å². The van der Waals surface area contributed by atoms with Crippen LogP contribution >= 0.6 is 15.9 Å². The molecular weight excluding hydrogens is 208 g/mol. The second kappa shape index (κ2) is 4.24. The molecule has 0 atom stereocenters. The van der Waals surface area contributed by atoms with Crippen LogP contribution in [0.1, 0.15) is 6.42 Å². The van der Waals surface area contributed by atoms with E-state index in [1.165, 1.54) is 7.11 Å². The van der Waals surface area contributed by atoms with Crippen molar-refractivity contribution in [3.05, 3.63) is 0 Å². The Morgan fingerprint density at radius 3 is 2.44 bits per heavy atom. The molecule has 3 nitrogen and oxygen atoms in total. The fourth-order valence-corrected chi connectivity index (χ4v) is 1.63. The minimum atomic E-state index is -3.21. The van der Waals surface area contributed by atoms with Crippen LogP contribution in [0.25, 0.3) is 0 Å². The molecule has 0 saturated heterocycles. The summed E-state index contributed by atoms with van der Waals surface area (Å²) in [5.41, 5.74) is 0. The van der Waals surface area contributed by atoms with Crippen molar-refractivity contribution in [2.45, 2.75) is 6.42 Å². The van der Waals surface area contributed by atoms with Gasteiger partial charge in [-0.25, -0.2) is 0 Å². The molecule has 0 amide bonds. The third kappa shape index (κ3) is 4.87. The molecule has 5 heteroatoms. The molecule has 0 aromatic rings. The Morgan fingerprint density at radius 2 is 2.11 bits per heavy atom. The molecule has 9 heavy (non-hydrogen) atoms. The summed E-state index contributed by atoms with van der Waals surface area (Å²) >= 11 is 3.11. The van der Waals surface area contributed by atoms with E-state index < -0.39 is 10.1 Å². The van der Waals surface area contributed by atoms with Crippen LogP contribution in [0.4, 0.5) is 0 Å². The first kappa shape index (κ1) is 9.39. The standard InChI is InChI=1S/C4H9BrO3S/c1-8-9(6,7)4-2-3-5/h2-4H2,1H3. The molecule has 0 saturated carbocycles. The summed E-state index contributed by atoms with van der Waals surface area (Å²) in [6.07, 6.45) is 0.593. The molecule has 0 rings (SSSR count). The van der Waals surface area contributed by atoms with E-state index in [0.717, 1.165) is 0 Å². The molecule has 0 spiro atoms. The molecular formula is C4H9BrO3S. The van der Waals surface area contributed by atoms with Crippen molar-refractivity contribution < 1.29 is 12.6 Å². The van der Waals surface area contributed by atoms with E-state index >= 15 is 0 Å². The lowest BCUT2D eigenvalue weighted by molar-refractivity contribution is 0.397. The fraction of sp³-hybridized carbons (Fsp3) is 1.00. The zero-order valence-electron chi connectivity index (χ0n) is 5.13. The first-order chi connectivity index (χ1) is 4.12. The molecule has 0 bridgehead atoms. The quantitative estimate of drug-likeness (QED) is 0.515. The van der Waals surface area contributed by atoms with Gasteiger partial charge in [-0.05, 0) is 6.42 Å². The highest BCUT2D eigenvalue weighted by Crippen LogP contribution is 1.95. The summed E-state index contributed by atoms with van der Waals surface area (Å²) in [4.78, 5) is 0. The number of rotatable bonds is 4. The van der Waals surface area contributed by atoms with Crippen molar-refractivity contribution in [2.24, 2.45) is 0 Å². The van der Waals surface area contributed by atoms with Gasteiger partial charge in [-0.1, -0.05) is 15.9 Å². The number of hydrogen-bond donors (Lipinski definition) is 0. The Balaban J connectivity index is 3.61. The third-order valence-corrected chi connectivity index (χ3v) is 2.64. The molecule has 0 fully saturated rings. The lowest BCUT2D eigenvalue weighted by atomic mass is 10.6. The Kier molecular flexibility index (Phi) is 4.43. The van der Waals surface area contributed by atoms with Crippen LogP contribution in [-0.2, 0) is 14.3 Å². The van der Waals surface area contributed by atoms with Gasteiger partial charge in [0, 0.05) is 5.33 Å². The predicted octanol–water partition coefficient (Wildman–Crippen LogP) is 0.748. The van der Waals surface area contributed by atoms with Gasteiger partial charge in [0.05, 0.1) is 12.9 Å². The average molecular weight is 217 g/mol. The summed E-state index contributed by atoms with van der Waals surface area (Å²) < 4.78 is 25.2. The largest absolute Gasteiger partial charge is 0.273 e. The van der Waals surface area contributed by atoms with Crippen molar-refractivity contribution >= 4 is 26.0 Å². The van der Waals surface area contributed by atoms with Gasteiger partial charge in [0.15, 0.2) is 0 Å². The highest BCUT2D eigenvalue weighted by atomic mass is 79.9. The van der Waals surface area contributed by atoms with Gasteiger partial charge in [-0.2, -0.15) is 8.42 Å². The maximum atomic E-state index is 10.5. The molecule has 0 N–H and O–H groups in total. The Hall–Kier alpha value is 0.390. The summed E-state index contributed by atoms with van der Waals surface area (Å²) in [6.45, 7) is 0. The van der Waals surface area contributed by atoms with Gasteiger partial charge in [0.2, 0.25) is 0 Å². The molecule has 0 aliphatic carbocycles. The minimum Gasteiger partial charge on any atom is -0.273 e. The van der Waals surface area contributed by atoms with Crippen LogP contribution in [0.3, 0.4) is 0 Å². The molecule has 56 valence electrons. The first-order valence-corrected chi connectivity index (χ1v) is 5.16. The summed E-state index contributed by atoms with van der Waals surface area (Å²) in [5.74, 6) is 0.0920. The van der Waals surface area contributed by atoms with Gasteiger partial charge in [0.1, 0.15) is 0 Å². The van der Waals surface area contributed by atoms with Gasteiger partial charge < -0.3 is 0 Å². The van der Waals surface area contributed by atoms with Crippen molar-refractivity contribution in [1.82, 2.24) is 0 Å². The number of alkyl halides is 1. The average Bonchev–Trinajstić information content (AvgIpc) is 1.84. The smallest absolute Gasteiger partial charge is 0.267 e. The van der Waals surface area contributed by atoms with Gasteiger partial charge in [-0.3, -0.25) is 4.18 Å². The zero-order chi connectivity index (χ0) is 7.33. The number of hydrogen-bond acceptors (Lipinski definition) is 3. The highest BCUT2D eigenvalue weighted by molar-refractivity contribution is 9.09. The van der Waals surface area contributed by atoms with Crippen LogP contribution in [-0.4, -0.2) is 26.6 Å². The van der Waals surface area contributed by atoms with Gasteiger partial charge >= 0.3 is 0 Å². The van der Waals surface area contributed by atoms with E-state index in [1.54, 1.807) is 0 Å². The van der Waals surface area contributed by atoms with Crippen molar-refractivity contribution in [2.75, 3.05) is 18.2 Å². The van der Waals surface area contributed by atoms with Crippen molar-refractivity contribution in [1.29, 1.82) is 0 Å². The SMILES string of the molecule is COS(=O)(=O)CCCBr. The van der Waals surface area contributed by atoms with Crippen LogP contribution in [0.2, 0.25) is 0 Å². The second-order valence-electron chi connectivity index (χ2n) is 1.47. The first-order valence-electron chi connectivity index (χ1n) is 2.46. The monoisotopic (exact) mass is 216 g/mol. The van der Waals surface area contributed by atoms with E-state index in [9.17, 15) is 8.42 Å². The van der Waals surface area contributed by atoms with E-state index in [-0.39, 0.29) is 5.75 Å². The zero-order valence-corrected chi connectivity index (χ0v) is 7.53. The van der Waals surface area contributed by atoms with Crippen LogP contribution < -0.4 is 0 Å². The van der Waals surface area contributed by atoms with Gasteiger partial charge in [-0.15, -0.1) is 0 Å². The maximum Gasteiger partial charge on any atom is 0.267 e. The van der Waals surface area contributed by atoms with Crippen LogP contribution in [0.5, 0.6) is 0 Å². The highest BCUT2D eigenvalue weighted by Gasteiger charge is 2.05. The molecule has 0 aliphatic rings. The van der Waals surface area contributed by atoms with Crippen molar-refractivity contribution in [3.63, 3.8) is 0 Å². The van der Waals surface area contributed by atoms with Gasteiger partial charge in [0.25, 0.3) is 10.1 Å². The Bertz CT molecular complexity index is 151. The van der Waals surface area contributed by atoms with Crippen LogP contribution in [0.15, 0.2) is 0 Å². The fourth-order valence-electron chi connectivity index (χ4n) is 0.315. The van der Waals surface area contributed by atoms with Crippen molar-refractivity contribution in [3.8, 4) is 0 Å². The lowest BCUT2D eigenvalue weighted by Gasteiger charge is -1.96. The van der Waals surface area contributed by atoms with E-state index in [0.29, 0.717) is 11.8 Å². The summed E-state index contributed by atoms with van der Waals surface area (Å²) in [6, 6.07) is 0. The normalized spacial score (nSPS) is 11.8. The van der Waals surface area contributed by atoms with Crippen LogP contribution in [0, 0.1) is 0 Å². The Labute approximate surface area is 63.6 Å². The molecule has 0 aromatic heterocycles.